The van der Waals surface area contributed by atoms with Crippen LogP contribution in [-0.2, 0) is 6.18 Å². The molecular weight excluding hydrogens is 443 g/mol. The molecule has 0 aliphatic carbocycles. The van der Waals surface area contributed by atoms with Crippen LogP contribution < -0.4 is 9.64 Å². The summed E-state index contributed by atoms with van der Waals surface area (Å²) in [6.45, 7) is 1.86. The van der Waals surface area contributed by atoms with Crippen molar-refractivity contribution in [1.82, 2.24) is 4.98 Å². The van der Waals surface area contributed by atoms with Crippen LogP contribution in [0.1, 0.15) is 27.2 Å². The van der Waals surface area contributed by atoms with Crippen molar-refractivity contribution in [2.75, 3.05) is 19.1 Å². The van der Waals surface area contributed by atoms with Crippen LogP contribution in [0.4, 0.5) is 18.9 Å². The lowest BCUT2D eigenvalue weighted by molar-refractivity contribution is -0.141. The smallest absolute Gasteiger partial charge is 0.433 e. The van der Waals surface area contributed by atoms with E-state index in [1.54, 1.807) is 25.2 Å². The van der Waals surface area contributed by atoms with E-state index in [-0.39, 0.29) is 33.0 Å². The zero-order valence-electron chi connectivity index (χ0n) is 17.3. The fraction of sp³-hybridized carbons (Fsp3) is 0.174. The van der Waals surface area contributed by atoms with Crippen LogP contribution in [0.25, 0.3) is 11.1 Å². The van der Waals surface area contributed by atoms with E-state index in [4.69, 9.17) is 16.3 Å². The van der Waals surface area contributed by atoms with Gasteiger partial charge in [-0.15, -0.1) is 0 Å². The highest BCUT2D eigenvalue weighted by molar-refractivity contribution is 6.34. The standard InChI is InChI=1S/C23H17ClF3N3O2/c1-13-6-4-5-7-19(13)30(2)22(31)16-9-15(18(24)10-20(16)32-3)17-12-29-21(23(25,26)27)8-14(17)11-28/h4-10,12H,1-3H3. The zero-order valence-corrected chi connectivity index (χ0v) is 18.0. The van der Waals surface area contributed by atoms with Crippen LogP contribution >= 0.6 is 11.6 Å². The lowest BCUT2D eigenvalue weighted by atomic mass is 9.98. The molecule has 1 aromatic heterocycles. The minimum atomic E-state index is -4.70. The average molecular weight is 460 g/mol. The summed E-state index contributed by atoms with van der Waals surface area (Å²) in [4.78, 5) is 18.1. The van der Waals surface area contributed by atoms with Crippen LogP contribution in [0.2, 0.25) is 5.02 Å². The molecule has 5 nitrogen and oxygen atoms in total. The number of methoxy groups -OCH3 is 1. The number of carbonyl (C=O) groups is 1. The molecule has 0 spiro atoms. The molecule has 0 N–H and O–H groups in total. The number of benzene rings is 2. The van der Waals surface area contributed by atoms with Gasteiger partial charge in [-0.05, 0) is 30.7 Å². The molecule has 1 heterocycles. The van der Waals surface area contributed by atoms with Crippen LogP contribution in [0.15, 0.2) is 48.7 Å². The van der Waals surface area contributed by atoms with E-state index in [0.29, 0.717) is 11.8 Å². The summed E-state index contributed by atoms with van der Waals surface area (Å²) < 4.78 is 44.3. The van der Waals surface area contributed by atoms with E-state index >= 15 is 0 Å². The minimum absolute atomic E-state index is 0.0701. The first-order valence-electron chi connectivity index (χ1n) is 9.27. The number of aryl methyl sites for hydroxylation is 1. The monoisotopic (exact) mass is 459 g/mol. The van der Waals surface area contributed by atoms with Gasteiger partial charge >= 0.3 is 6.18 Å². The van der Waals surface area contributed by atoms with Crippen LogP contribution in [0, 0.1) is 18.3 Å². The summed E-state index contributed by atoms with van der Waals surface area (Å²) in [6, 6.07) is 12.4. The first-order chi connectivity index (χ1) is 15.1. The maximum absolute atomic E-state index is 13.3. The number of nitriles is 1. The number of alkyl halides is 3. The molecule has 3 aromatic rings. The Labute approximate surface area is 187 Å². The van der Waals surface area contributed by atoms with Crippen LogP contribution in [0.5, 0.6) is 5.75 Å². The van der Waals surface area contributed by atoms with Crippen molar-refractivity contribution in [2.45, 2.75) is 13.1 Å². The molecule has 0 aliphatic rings. The number of ether oxygens (including phenoxy) is 1. The number of nitrogens with zero attached hydrogens (tertiary/aromatic N) is 3. The fourth-order valence-corrected chi connectivity index (χ4v) is 3.50. The Balaban J connectivity index is 2.15. The number of amides is 1. The van der Waals surface area contributed by atoms with Crippen LogP contribution in [-0.4, -0.2) is 25.0 Å². The fourth-order valence-electron chi connectivity index (χ4n) is 3.24. The Morgan fingerprint density at radius 2 is 1.88 bits per heavy atom. The topological polar surface area (TPSA) is 66.2 Å². The second-order valence-electron chi connectivity index (χ2n) is 6.91. The largest absolute Gasteiger partial charge is 0.496 e. The number of para-hydroxylation sites is 1. The maximum Gasteiger partial charge on any atom is 0.433 e. The number of anilines is 1. The highest BCUT2D eigenvalue weighted by Gasteiger charge is 2.33. The number of halogens is 4. The molecule has 1 amide bonds. The highest BCUT2D eigenvalue weighted by atomic mass is 35.5. The minimum Gasteiger partial charge on any atom is -0.496 e. The van der Waals surface area contributed by atoms with Gasteiger partial charge in [-0.2, -0.15) is 18.4 Å². The number of rotatable bonds is 4. The summed E-state index contributed by atoms with van der Waals surface area (Å²) in [5, 5.41) is 9.51. The van der Waals surface area contributed by atoms with Crippen molar-refractivity contribution in [3.05, 3.63) is 76.1 Å². The molecule has 0 fully saturated rings. The van der Waals surface area contributed by atoms with Crippen LogP contribution in [0.3, 0.4) is 0 Å². The lowest BCUT2D eigenvalue weighted by Gasteiger charge is -2.21. The molecule has 32 heavy (non-hydrogen) atoms. The Bertz CT molecular complexity index is 1240. The Morgan fingerprint density at radius 1 is 1.19 bits per heavy atom. The molecular formula is C23H17ClF3N3O2. The van der Waals surface area contributed by atoms with Crippen molar-refractivity contribution in [2.24, 2.45) is 0 Å². The first-order valence-corrected chi connectivity index (χ1v) is 9.65. The van der Waals surface area contributed by atoms with Gasteiger partial charge < -0.3 is 9.64 Å². The molecule has 0 saturated carbocycles. The molecule has 9 heteroatoms. The third-order valence-corrected chi connectivity index (χ3v) is 5.22. The van der Waals surface area contributed by atoms with Gasteiger partial charge in [0.1, 0.15) is 11.4 Å². The third-order valence-electron chi connectivity index (χ3n) is 4.91. The van der Waals surface area contributed by atoms with Crippen molar-refractivity contribution in [3.8, 4) is 22.9 Å². The van der Waals surface area contributed by atoms with Gasteiger partial charge in [0.05, 0.1) is 29.3 Å². The Hall–Kier alpha value is -3.57. The average Bonchev–Trinajstić information content (AvgIpc) is 2.77. The molecule has 0 radical (unpaired) electrons. The van der Waals surface area contributed by atoms with Gasteiger partial charge in [-0.3, -0.25) is 9.78 Å². The number of carbonyl (C=O) groups excluding carboxylic acids is 1. The number of hydrogen-bond acceptors (Lipinski definition) is 4. The van der Waals surface area contributed by atoms with E-state index in [2.05, 4.69) is 4.98 Å². The van der Waals surface area contributed by atoms with E-state index in [1.807, 2.05) is 19.1 Å². The van der Waals surface area contributed by atoms with Crippen molar-refractivity contribution >= 4 is 23.2 Å². The summed E-state index contributed by atoms with van der Waals surface area (Å²) in [5.41, 5.74) is 0.456. The normalized spacial score (nSPS) is 11.1. The molecule has 0 aliphatic heterocycles. The summed E-state index contributed by atoms with van der Waals surface area (Å²) in [6.07, 6.45) is -3.78. The first kappa shape index (κ1) is 23.1. The van der Waals surface area contributed by atoms with Crippen molar-refractivity contribution < 1.29 is 22.7 Å². The summed E-state index contributed by atoms with van der Waals surface area (Å²) in [7, 11) is 2.97. The van der Waals surface area contributed by atoms with Gasteiger partial charge in [0.15, 0.2) is 0 Å². The summed E-state index contributed by atoms with van der Waals surface area (Å²) >= 11 is 6.34. The molecule has 0 atom stereocenters. The predicted octanol–water partition coefficient (Wildman–Crippen LogP) is 5.89. The van der Waals surface area contributed by atoms with Gasteiger partial charge in [0, 0.05) is 36.1 Å². The van der Waals surface area contributed by atoms with E-state index in [1.165, 1.54) is 24.1 Å². The van der Waals surface area contributed by atoms with Gasteiger partial charge in [0.25, 0.3) is 5.91 Å². The predicted molar refractivity (Wildman–Crippen MR) is 115 cm³/mol. The SMILES string of the molecule is COc1cc(Cl)c(-c2cnc(C(F)(F)F)cc2C#N)cc1C(=O)N(C)c1ccccc1C. The molecule has 164 valence electrons. The quantitative estimate of drug-likeness (QED) is 0.488. The number of aromatic nitrogens is 1. The zero-order chi connectivity index (χ0) is 23.6. The van der Waals surface area contributed by atoms with Gasteiger partial charge in [-0.25, -0.2) is 0 Å². The van der Waals surface area contributed by atoms with Gasteiger partial charge in [0.2, 0.25) is 0 Å². The molecule has 0 saturated heterocycles. The van der Waals surface area contributed by atoms with E-state index < -0.39 is 17.8 Å². The molecule has 2 aromatic carbocycles. The summed E-state index contributed by atoms with van der Waals surface area (Å²) in [5.74, 6) is -0.241. The third kappa shape index (κ3) is 4.39. The number of pyridine rings is 1. The lowest BCUT2D eigenvalue weighted by Crippen LogP contribution is -2.27. The number of hydrogen-bond donors (Lipinski definition) is 0. The molecule has 0 unspecified atom stereocenters. The Kier molecular flexibility index (Phi) is 6.42. The van der Waals surface area contributed by atoms with E-state index in [0.717, 1.165) is 11.8 Å². The highest BCUT2D eigenvalue weighted by Crippen LogP contribution is 2.38. The van der Waals surface area contributed by atoms with Gasteiger partial charge in [-0.1, -0.05) is 29.8 Å². The second-order valence-corrected chi connectivity index (χ2v) is 7.31. The maximum atomic E-state index is 13.3. The molecule has 0 bridgehead atoms. The second kappa shape index (κ2) is 8.89. The van der Waals surface area contributed by atoms with Crippen molar-refractivity contribution in [1.29, 1.82) is 5.26 Å². The van der Waals surface area contributed by atoms with Crippen molar-refractivity contribution in [3.63, 3.8) is 0 Å². The van der Waals surface area contributed by atoms with E-state index in [9.17, 15) is 23.2 Å². The Morgan fingerprint density at radius 3 is 2.47 bits per heavy atom. The molecule has 3 rings (SSSR count).